The molecule has 17 heavy (non-hydrogen) atoms. The van der Waals surface area contributed by atoms with E-state index in [-0.39, 0.29) is 12.4 Å². The fraction of sp³-hybridized carbons (Fsp3) is 0.273. The molecule has 6 heteroatoms. The van der Waals surface area contributed by atoms with E-state index in [9.17, 15) is 4.39 Å². The summed E-state index contributed by atoms with van der Waals surface area (Å²) in [6, 6.07) is 4.64. The minimum Gasteiger partial charge on any atom is -0.388 e. The first-order valence-electron chi connectivity index (χ1n) is 5.15. The summed E-state index contributed by atoms with van der Waals surface area (Å²) in [5.74, 6) is 0.497. The van der Waals surface area contributed by atoms with Crippen LogP contribution in [0.2, 0.25) is 0 Å². The zero-order chi connectivity index (χ0) is 12.4. The Morgan fingerprint density at radius 1 is 1.41 bits per heavy atom. The van der Waals surface area contributed by atoms with Crippen LogP contribution in [0.4, 0.5) is 4.39 Å². The molecule has 0 saturated carbocycles. The second-order valence-corrected chi connectivity index (χ2v) is 4.38. The van der Waals surface area contributed by atoms with Crippen LogP contribution < -0.4 is 0 Å². The number of hydrogen-bond acceptors (Lipinski definition) is 3. The normalized spacial score (nSPS) is 10.8. The Balaban J connectivity index is 2.59. The minimum absolute atomic E-state index is 0.212. The van der Waals surface area contributed by atoms with Crippen LogP contribution in [0.25, 0.3) is 11.4 Å². The van der Waals surface area contributed by atoms with Gasteiger partial charge in [0.15, 0.2) is 11.6 Å². The molecule has 2 aromatic rings. The average molecular weight is 300 g/mol. The molecule has 0 saturated heterocycles. The molecule has 1 heterocycles. The van der Waals surface area contributed by atoms with Crippen molar-refractivity contribution in [2.45, 2.75) is 20.1 Å². The zero-order valence-corrected chi connectivity index (χ0v) is 10.8. The van der Waals surface area contributed by atoms with Gasteiger partial charge < -0.3 is 9.67 Å². The third kappa shape index (κ3) is 2.23. The molecule has 0 aliphatic carbocycles. The van der Waals surface area contributed by atoms with Crippen LogP contribution in [0.3, 0.4) is 0 Å². The average Bonchev–Trinajstić information content (AvgIpc) is 2.74. The number of rotatable bonds is 3. The van der Waals surface area contributed by atoms with Crippen LogP contribution in [-0.4, -0.2) is 19.9 Å². The fourth-order valence-electron chi connectivity index (χ4n) is 1.65. The van der Waals surface area contributed by atoms with E-state index < -0.39 is 0 Å². The third-order valence-electron chi connectivity index (χ3n) is 2.45. The first-order chi connectivity index (χ1) is 8.17. The Labute approximate surface area is 106 Å². The van der Waals surface area contributed by atoms with Gasteiger partial charge in [0.1, 0.15) is 12.4 Å². The molecule has 0 bridgehead atoms. The van der Waals surface area contributed by atoms with Crippen LogP contribution in [0.1, 0.15) is 12.7 Å². The van der Waals surface area contributed by atoms with E-state index in [2.05, 4.69) is 26.1 Å². The predicted octanol–water partition coefficient (Wildman–Crippen LogP) is 2.36. The van der Waals surface area contributed by atoms with Crippen LogP contribution in [-0.2, 0) is 13.2 Å². The fourth-order valence-corrected chi connectivity index (χ4v) is 2.01. The molecule has 1 aromatic carbocycles. The lowest BCUT2D eigenvalue weighted by Gasteiger charge is -2.07. The molecular formula is C11H11BrFN3O. The molecule has 1 N–H and O–H groups in total. The van der Waals surface area contributed by atoms with Crippen molar-refractivity contribution >= 4 is 15.9 Å². The zero-order valence-electron chi connectivity index (χ0n) is 9.19. The van der Waals surface area contributed by atoms with Gasteiger partial charge in [-0.15, -0.1) is 10.2 Å². The maximum Gasteiger partial charge on any atom is 0.167 e. The number of halogens is 2. The lowest BCUT2D eigenvalue weighted by molar-refractivity contribution is 0.265. The van der Waals surface area contributed by atoms with Gasteiger partial charge in [0.05, 0.1) is 5.56 Å². The van der Waals surface area contributed by atoms with Gasteiger partial charge in [-0.05, 0) is 25.1 Å². The Hall–Kier alpha value is -1.27. The second-order valence-electron chi connectivity index (χ2n) is 3.47. The first kappa shape index (κ1) is 12.2. The molecule has 0 atom stereocenters. The first-order valence-corrected chi connectivity index (χ1v) is 5.95. The predicted molar refractivity (Wildman–Crippen MR) is 64.7 cm³/mol. The summed E-state index contributed by atoms with van der Waals surface area (Å²) in [6.45, 7) is 2.25. The van der Waals surface area contributed by atoms with Crippen molar-refractivity contribution in [3.05, 3.63) is 34.3 Å². The van der Waals surface area contributed by atoms with Crippen molar-refractivity contribution in [3.8, 4) is 11.4 Å². The van der Waals surface area contributed by atoms with Gasteiger partial charge >= 0.3 is 0 Å². The molecule has 0 spiro atoms. The molecule has 4 nitrogen and oxygen atoms in total. The van der Waals surface area contributed by atoms with Gasteiger partial charge in [0.2, 0.25) is 0 Å². The van der Waals surface area contributed by atoms with Gasteiger partial charge in [-0.2, -0.15) is 0 Å². The highest BCUT2D eigenvalue weighted by Gasteiger charge is 2.15. The van der Waals surface area contributed by atoms with Crippen molar-refractivity contribution in [3.63, 3.8) is 0 Å². The molecule has 0 radical (unpaired) electrons. The molecule has 2 rings (SSSR count). The van der Waals surface area contributed by atoms with Crippen molar-refractivity contribution in [1.29, 1.82) is 0 Å². The highest BCUT2D eigenvalue weighted by atomic mass is 79.9. The summed E-state index contributed by atoms with van der Waals surface area (Å²) in [7, 11) is 0. The molecule has 0 fully saturated rings. The maximum atomic E-state index is 13.7. The smallest absolute Gasteiger partial charge is 0.167 e. The minimum atomic E-state index is -0.361. The monoisotopic (exact) mass is 299 g/mol. The SMILES string of the molecule is CCn1c(CO)nnc1-c1cc(Br)ccc1F. The topological polar surface area (TPSA) is 50.9 Å². The number of aliphatic hydroxyl groups excluding tert-OH is 1. The van der Waals surface area contributed by atoms with Crippen LogP contribution in [0.5, 0.6) is 0 Å². The number of nitrogens with zero attached hydrogens (tertiary/aromatic N) is 3. The molecule has 0 unspecified atom stereocenters. The standard InChI is InChI=1S/C11H11BrFN3O/c1-2-16-10(6-17)14-15-11(16)8-5-7(12)3-4-9(8)13/h3-5,17H,2,6H2,1H3. The van der Waals surface area contributed by atoms with Gasteiger partial charge in [-0.25, -0.2) is 4.39 Å². The molecule has 0 aliphatic heterocycles. The van der Waals surface area contributed by atoms with Crippen LogP contribution >= 0.6 is 15.9 Å². The Kier molecular flexibility index (Phi) is 3.54. The quantitative estimate of drug-likeness (QED) is 0.946. The van der Waals surface area contributed by atoms with Crippen molar-refractivity contribution < 1.29 is 9.50 Å². The van der Waals surface area contributed by atoms with Crippen molar-refractivity contribution in [2.24, 2.45) is 0 Å². The molecular weight excluding hydrogens is 289 g/mol. The summed E-state index contributed by atoms with van der Waals surface area (Å²) in [6.07, 6.45) is 0. The number of hydrogen-bond donors (Lipinski definition) is 1. The van der Waals surface area contributed by atoms with Crippen LogP contribution in [0.15, 0.2) is 22.7 Å². The number of aromatic nitrogens is 3. The van der Waals surface area contributed by atoms with E-state index in [0.717, 1.165) is 4.47 Å². The highest BCUT2D eigenvalue weighted by Crippen LogP contribution is 2.25. The second kappa shape index (κ2) is 4.93. The van der Waals surface area contributed by atoms with E-state index in [1.54, 1.807) is 16.7 Å². The Morgan fingerprint density at radius 3 is 2.82 bits per heavy atom. The summed E-state index contributed by atoms with van der Waals surface area (Å²) in [4.78, 5) is 0. The molecule has 1 aromatic heterocycles. The summed E-state index contributed by atoms with van der Waals surface area (Å²) < 4.78 is 16.2. The lowest BCUT2D eigenvalue weighted by Crippen LogP contribution is -2.04. The Morgan fingerprint density at radius 2 is 2.18 bits per heavy atom. The summed E-state index contributed by atoms with van der Waals surface area (Å²) >= 11 is 3.29. The van der Waals surface area contributed by atoms with E-state index in [1.807, 2.05) is 6.92 Å². The molecule has 0 aliphatic rings. The molecule has 90 valence electrons. The van der Waals surface area contributed by atoms with Gasteiger partial charge in [0, 0.05) is 11.0 Å². The van der Waals surface area contributed by atoms with E-state index >= 15 is 0 Å². The summed E-state index contributed by atoms with van der Waals surface area (Å²) in [5.41, 5.74) is 0.369. The number of benzene rings is 1. The van der Waals surface area contributed by atoms with Gasteiger partial charge in [-0.1, -0.05) is 15.9 Å². The largest absolute Gasteiger partial charge is 0.388 e. The number of aliphatic hydroxyl groups is 1. The van der Waals surface area contributed by atoms with Gasteiger partial charge in [0.25, 0.3) is 0 Å². The maximum absolute atomic E-state index is 13.7. The third-order valence-corrected chi connectivity index (χ3v) is 2.95. The molecule has 0 amide bonds. The highest BCUT2D eigenvalue weighted by molar-refractivity contribution is 9.10. The van der Waals surface area contributed by atoms with E-state index in [1.165, 1.54) is 6.07 Å². The van der Waals surface area contributed by atoms with E-state index in [0.29, 0.717) is 23.8 Å². The van der Waals surface area contributed by atoms with Crippen LogP contribution in [0, 0.1) is 5.82 Å². The van der Waals surface area contributed by atoms with Crippen molar-refractivity contribution in [2.75, 3.05) is 0 Å². The lowest BCUT2D eigenvalue weighted by atomic mass is 10.2. The van der Waals surface area contributed by atoms with Gasteiger partial charge in [-0.3, -0.25) is 0 Å². The summed E-state index contributed by atoms with van der Waals surface area (Å²) in [5, 5.41) is 16.9. The van der Waals surface area contributed by atoms with Crippen molar-refractivity contribution in [1.82, 2.24) is 14.8 Å². The Bertz CT molecular complexity index is 542. The van der Waals surface area contributed by atoms with E-state index in [4.69, 9.17) is 5.11 Å².